The molecule has 0 radical (unpaired) electrons. The molecule has 0 unspecified atom stereocenters. The molecule has 1 N–H and O–H groups in total. The van der Waals surface area contributed by atoms with Gasteiger partial charge in [-0.15, -0.1) is 0 Å². The quantitative estimate of drug-likeness (QED) is 0.371. The predicted octanol–water partition coefficient (Wildman–Crippen LogP) is 4.77. The number of nitrogens with zero attached hydrogens (tertiary/aromatic N) is 2. The van der Waals surface area contributed by atoms with E-state index in [4.69, 9.17) is 21.1 Å². The van der Waals surface area contributed by atoms with Gasteiger partial charge in [-0.1, -0.05) is 35.9 Å². The Kier molecular flexibility index (Phi) is 6.06. The second-order valence-electron chi connectivity index (χ2n) is 5.42. The third kappa shape index (κ3) is 4.97. The molecule has 1 heterocycles. The fourth-order valence-electron chi connectivity index (χ4n) is 2.23. The van der Waals surface area contributed by atoms with Crippen LogP contribution in [0.2, 0.25) is 5.15 Å². The maximum absolute atomic E-state index is 5.81. The van der Waals surface area contributed by atoms with Gasteiger partial charge in [-0.05, 0) is 42.0 Å². The molecule has 3 rings (SSSR count). The lowest BCUT2D eigenvalue weighted by Crippen LogP contribution is -1.99. The summed E-state index contributed by atoms with van der Waals surface area (Å²) in [4.78, 5) is 4.04. The van der Waals surface area contributed by atoms with E-state index in [1.807, 2.05) is 54.6 Å². The summed E-state index contributed by atoms with van der Waals surface area (Å²) in [6.07, 6.45) is 3.41. The molecule has 1 aromatic heterocycles. The average Bonchev–Trinajstić information content (AvgIpc) is 2.69. The van der Waals surface area contributed by atoms with Crippen LogP contribution in [0.5, 0.6) is 11.5 Å². The monoisotopic (exact) mass is 367 g/mol. The van der Waals surface area contributed by atoms with Gasteiger partial charge in [0.2, 0.25) is 0 Å². The molecule has 6 heteroatoms. The molecule has 0 atom stereocenters. The van der Waals surface area contributed by atoms with Gasteiger partial charge in [-0.2, -0.15) is 5.10 Å². The van der Waals surface area contributed by atoms with E-state index in [9.17, 15) is 0 Å². The molecule has 0 aliphatic heterocycles. The number of hydrogen-bond donors (Lipinski definition) is 1. The molecular formula is C20H18ClN3O2. The van der Waals surface area contributed by atoms with Crippen LogP contribution in [0.15, 0.2) is 72.0 Å². The van der Waals surface area contributed by atoms with Crippen molar-refractivity contribution in [2.24, 2.45) is 5.10 Å². The smallest absolute Gasteiger partial charge is 0.161 e. The molecular weight excluding hydrogens is 350 g/mol. The number of para-hydroxylation sites is 1. The van der Waals surface area contributed by atoms with Crippen molar-refractivity contribution in [3.63, 3.8) is 0 Å². The van der Waals surface area contributed by atoms with Crippen LogP contribution < -0.4 is 14.9 Å². The number of halogens is 1. The Bertz CT molecular complexity index is 868. The van der Waals surface area contributed by atoms with Crippen molar-refractivity contribution >= 4 is 23.5 Å². The summed E-state index contributed by atoms with van der Waals surface area (Å²) < 4.78 is 11.2. The highest BCUT2D eigenvalue weighted by Gasteiger charge is 2.06. The zero-order valence-corrected chi connectivity index (χ0v) is 15.0. The Morgan fingerprint density at radius 2 is 1.92 bits per heavy atom. The van der Waals surface area contributed by atoms with E-state index in [1.54, 1.807) is 25.6 Å². The SMILES string of the molecule is COc1cc(C=NNc2ccccc2)ccc1OCc1ccc(Cl)nc1. The molecule has 0 saturated carbocycles. The first-order valence-electron chi connectivity index (χ1n) is 8.00. The number of rotatable bonds is 7. The number of ether oxygens (including phenoxy) is 2. The van der Waals surface area contributed by atoms with Crippen molar-refractivity contribution < 1.29 is 9.47 Å². The highest BCUT2D eigenvalue weighted by Crippen LogP contribution is 2.28. The summed E-state index contributed by atoms with van der Waals surface area (Å²) in [6.45, 7) is 0.378. The molecule has 0 aliphatic rings. The van der Waals surface area contributed by atoms with Crippen LogP contribution in [0, 0.1) is 0 Å². The van der Waals surface area contributed by atoms with Gasteiger partial charge in [0, 0.05) is 11.8 Å². The van der Waals surface area contributed by atoms with E-state index >= 15 is 0 Å². The van der Waals surface area contributed by atoms with Crippen LogP contribution in [0.1, 0.15) is 11.1 Å². The molecule has 3 aromatic rings. The standard InChI is InChI=1S/C20H18ClN3O2/c1-25-19-11-15(13-23-24-17-5-3-2-4-6-17)7-9-18(19)26-14-16-8-10-20(21)22-12-16/h2-13,24H,14H2,1H3. The first kappa shape index (κ1) is 17.8. The molecule has 5 nitrogen and oxygen atoms in total. The summed E-state index contributed by atoms with van der Waals surface area (Å²) in [5.74, 6) is 1.28. The number of hydrogen-bond acceptors (Lipinski definition) is 5. The van der Waals surface area contributed by atoms with E-state index in [1.165, 1.54) is 0 Å². The first-order chi connectivity index (χ1) is 12.7. The Morgan fingerprint density at radius 3 is 2.65 bits per heavy atom. The molecule has 0 amide bonds. The summed E-state index contributed by atoms with van der Waals surface area (Å²) in [7, 11) is 1.61. The Labute approximate surface area is 157 Å². The van der Waals surface area contributed by atoms with E-state index in [0.717, 1.165) is 16.8 Å². The van der Waals surface area contributed by atoms with Gasteiger partial charge in [0.25, 0.3) is 0 Å². The van der Waals surface area contributed by atoms with Crippen molar-refractivity contribution in [2.75, 3.05) is 12.5 Å². The molecule has 0 saturated heterocycles. The van der Waals surface area contributed by atoms with Crippen molar-refractivity contribution in [1.29, 1.82) is 0 Å². The van der Waals surface area contributed by atoms with Crippen LogP contribution >= 0.6 is 11.6 Å². The van der Waals surface area contributed by atoms with Crippen molar-refractivity contribution in [3.05, 3.63) is 83.1 Å². The Hall–Kier alpha value is -3.05. The third-order valence-electron chi connectivity index (χ3n) is 3.55. The number of hydrazone groups is 1. The number of aromatic nitrogens is 1. The van der Waals surface area contributed by atoms with Gasteiger partial charge in [0.05, 0.1) is 19.0 Å². The first-order valence-corrected chi connectivity index (χ1v) is 8.38. The number of benzene rings is 2. The van der Waals surface area contributed by atoms with Crippen LogP contribution in [-0.4, -0.2) is 18.3 Å². The van der Waals surface area contributed by atoms with Gasteiger partial charge in [0.1, 0.15) is 11.8 Å². The number of pyridine rings is 1. The Morgan fingerprint density at radius 1 is 1.08 bits per heavy atom. The van der Waals surface area contributed by atoms with Crippen molar-refractivity contribution in [3.8, 4) is 11.5 Å². The number of methoxy groups -OCH3 is 1. The molecule has 2 aromatic carbocycles. The average molecular weight is 368 g/mol. The number of nitrogens with one attached hydrogen (secondary N) is 1. The normalized spacial score (nSPS) is 10.7. The van der Waals surface area contributed by atoms with E-state index < -0.39 is 0 Å². The zero-order chi connectivity index (χ0) is 18.2. The Balaban J connectivity index is 1.64. The lowest BCUT2D eigenvalue weighted by Gasteiger charge is -2.11. The molecule has 0 fully saturated rings. The molecule has 0 spiro atoms. The zero-order valence-electron chi connectivity index (χ0n) is 14.2. The number of anilines is 1. The maximum Gasteiger partial charge on any atom is 0.161 e. The highest BCUT2D eigenvalue weighted by atomic mass is 35.5. The van der Waals surface area contributed by atoms with Gasteiger partial charge in [-0.25, -0.2) is 4.98 Å². The van der Waals surface area contributed by atoms with Crippen LogP contribution in [0.3, 0.4) is 0 Å². The maximum atomic E-state index is 5.81. The van der Waals surface area contributed by atoms with Crippen molar-refractivity contribution in [1.82, 2.24) is 4.98 Å². The fraction of sp³-hybridized carbons (Fsp3) is 0.100. The second-order valence-corrected chi connectivity index (χ2v) is 5.81. The van der Waals surface area contributed by atoms with E-state index in [2.05, 4.69) is 15.5 Å². The van der Waals surface area contributed by atoms with Gasteiger partial charge in [-0.3, -0.25) is 5.43 Å². The van der Waals surface area contributed by atoms with E-state index in [-0.39, 0.29) is 0 Å². The molecule has 26 heavy (non-hydrogen) atoms. The lowest BCUT2D eigenvalue weighted by atomic mass is 10.2. The second kappa shape index (κ2) is 8.87. The van der Waals surface area contributed by atoms with Crippen LogP contribution in [-0.2, 0) is 6.61 Å². The largest absolute Gasteiger partial charge is 0.493 e. The minimum atomic E-state index is 0.378. The third-order valence-corrected chi connectivity index (χ3v) is 3.78. The molecule has 132 valence electrons. The minimum absolute atomic E-state index is 0.378. The van der Waals surface area contributed by atoms with Gasteiger partial charge < -0.3 is 9.47 Å². The van der Waals surface area contributed by atoms with Gasteiger partial charge in [0.15, 0.2) is 11.5 Å². The van der Waals surface area contributed by atoms with E-state index in [0.29, 0.717) is 23.3 Å². The summed E-state index contributed by atoms with van der Waals surface area (Å²) in [6, 6.07) is 19.0. The lowest BCUT2D eigenvalue weighted by molar-refractivity contribution is 0.284. The predicted molar refractivity (Wildman–Crippen MR) is 104 cm³/mol. The van der Waals surface area contributed by atoms with Crippen molar-refractivity contribution in [2.45, 2.75) is 6.61 Å². The summed E-state index contributed by atoms with van der Waals surface area (Å²) in [5.41, 5.74) is 5.72. The molecule has 0 bridgehead atoms. The summed E-state index contributed by atoms with van der Waals surface area (Å²) in [5, 5.41) is 4.68. The summed E-state index contributed by atoms with van der Waals surface area (Å²) >= 11 is 5.79. The highest BCUT2D eigenvalue weighted by molar-refractivity contribution is 6.29. The van der Waals surface area contributed by atoms with Crippen LogP contribution in [0.25, 0.3) is 0 Å². The van der Waals surface area contributed by atoms with Gasteiger partial charge >= 0.3 is 0 Å². The fourth-order valence-corrected chi connectivity index (χ4v) is 2.34. The van der Waals surface area contributed by atoms with Crippen LogP contribution in [0.4, 0.5) is 5.69 Å². The molecule has 0 aliphatic carbocycles. The minimum Gasteiger partial charge on any atom is -0.493 e. The topological polar surface area (TPSA) is 55.7 Å².